The topological polar surface area (TPSA) is 46.5 Å². The monoisotopic (exact) mass is 384 g/mol. The molecule has 28 heavy (non-hydrogen) atoms. The van der Waals surface area contributed by atoms with Crippen molar-refractivity contribution in [3.05, 3.63) is 71.8 Å². The lowest BCUT2D eigenvalue weighted by atomic mass is 9.86. The summed E-state index contributed by atoms with van der Waals surface area (Å²) >= 11 is 0. The molecule has 0 saturated heterocycles. The van der Waals surface area contributed by atoms with Gasteiger partial charge in [0.1, 0.15) is 6.61 Å². The van der Waals surface area contributed by atoms with Gasteiger partial charge >= 0.3 is 5.97 Å². The van der Waals surface area contributed by atoms with Gasteiger partial charge in [-0.3, -0.25) is 0 Å². The molecule has 0 fully saturated rings. The third-order valence-corrected chi connectivity index (χ3v) is 5.61. The maximum absolute atomic E-state index is 13.1. The zero-order valence-electron chi connectivity index (χ0n) is 17.8. The number of nitrogens with zero attached hydrogens (tertiary/aromatic N) is 1. The van der Waals surface area contributed by atoms with E-state index in [9.17, 15) is 9.90 Å². The summed E-state index contributed by atoms with van der Waals surface area (Å²) in [5.74, 6) is -0.639. The number of rotatable bonds is 9. The molecule has 1 N–H and O–H groups in total. The first kappa shape index (κ1) is 22.1. The van der Waals surface area contributed by atoms with Gasteiger partial charge in [0.25, 0.3) is 0 Å². The van der Waals surface area contributed by atoms with E-state index >= 15 is 0 Å². The molecule has 0 spiro atoms. The van der Waals surface area contributed by atoms with Gasteiger partial charge in [0.05, 0.1) is 26.7 Å². The molecule has 2 aromatic rings. The van der Waals surface area contributed by atoms with Gasteiger partial charge in [-0.1, -0.05) is 74.5 Å². The van der Waals surface area contributed by atoms with Crippen LogP contribution in [0.15, 0.2) is 60.7 Å². The van der Waals surface area contributed by atoms with Crippen LogP contribution in [-0.2, 0) is 15.1 Å². The summed E-state index contributed by atoms with van der Waals surface area (Å²) in [4.78, 5) is 13.1. The van der Waals surface area contributed by atoms with E-state index in [1.165, 1.54) is 0 Å². The highest BCUT2D eigenvalue weighted by Gasteiger charge is 2.42. The predicted octanol–water partition coefficient (Wildman–Crippen LogP) is 3.98. The molecule has 0 aliphatic rings. The van der Waals surface area contributed by atoms with Gasteiger partial charge in [0.15, 0.2) is 0 Å². The Morgan fingerprint density at radius 1 is 0.929 bits per heavy atom. The molecule has 0 unspecified atom stereocenters. The number of carbonyl (C=O) groups is 1. The second-order valence-electron chi connectivity index (χ2n) is 8.59. The molecule has 4 heteroatoms. The van der Waals surface area contributed by atoms with Crippen LogP contribution < -0.4 is 0 Å². The summed E-state index contributed by atoms with van der Waals surface area (Å²) in [7, 11) is 2.22. The molecule has 0 radical (unpaired) electrons. The molecule has 2 aromatic carbocycles. The van der Waals surface area contributed by atoms with Crippen LogP contribution in [0.2, 0.25) is 0 Å². The fourth-order valence-electron chi connectivity index (χ4n) is 3.65. The van der Waals surface area contributed by atoms with E-state index < -0.39 is 11.6 Å². The van der Waals surface area contributed by atoms with Gasteiger partial charge in [0.2, 0.25) is 5.60 Å². The molecule has 4 nitrogen and oxygen atoms in total. The number of hydrogen-bond donors (Lipinski definition) is 1. The lowest BCUT2D eigenvalue weighted by Crippen LogP contribution is -2.51. The van der Waals surface area contributed by atoms with Gasteiger partial charge in [-0.15, -0.1) is 0 Å². The third kappa shape index (κ3) is 5.00. The summed E-state index contributed by atoms with van der Waals surface area (Å²) in [5, 5.41) is 11.5. The minimum atomic E-state index is -1.83. The second-order valence-corrected chi connectivity index (χ2v) is 8.59. The van der Waals surface area contributed by atoms with E-state index in [2.05, 4.69) is 34.7 Å². The van der Waals surface area contributed by atoms with E-state index in [0.29, 0.717) is 11.1 Å². The highest BCUT2D eigenvalue weighted by Crippen LogP contribution is 2.32. The number of carbonyl (C=O) groups excluding carboxylic acids is 1. The van der Waals surface area contributed by atoms with Crippen molar-refractivity contribution < 1.29 is 19.1 Å². The zero-order valence-corrected chi connectivity index (χ0v) is 17.8. The summed E-state index contributed by atoms with van der Waals surface area (Å²) in [6.07, 6.45) is 0. The van der Waals surface area contributed by atoms with Gasteiger partial charge in [-0.2, -0.15) is 0 Å². The Balaban J connectivity index is 2.25. The number of esters is 1. The molecule has 0 bridgehead atoms. The van der Waals surface area contributed by atoms with Crippen LogP contribution in [0.1, 0.15) is 38.8 Å². The molecule has 2 rings (SSSR count). The van der Waals surface area contributed by atoms with Crippen LogP contribution in [0.5, 0.6) is 0 Å². The first-order chi connectivity index (χ1) is 13.2. The van der Waals surface area contributed by atoms with Gasteiger partial charge < -0.3 is 14.3 Å². The number of quaternary nitrogens is 1. The van der Waals surface area contributed by atoms with E-state index in [1.807, 2.05) is 36.4 Å². The third-order valence-electron chi connectivity index (χ3n) is 5.61. The van der Waals surface area contributed by atoms with Crippen molar-refractivity contribution in [2.45, 2.75) is 33.3 Å². The van der Waals surface area contributed by atoms with Crippen LogP contribution >= 0.6 is 0 Å². The fourth-order valence-corrected chi connectivity index (χ4v) is 3.65. The smallest absolute Gasteiger partial charge is 0.347 e. The Hall–Kier alpha value is -2.17. The summed E-state index contributed by atoms with van der Waals surface area (Å²) in [6, 6.07) is 18.0. The Morgan fingerprint density at radius 2 is 1.36 bits per heavy atom. The number of aliphatic hydroxyl groups is 1. The standard InChI is InChI=1S/C24H34NO3/c1-6-25(5,7-2)18-23(3,4)19-28-22(26)24(27,20-14-10-8-11-15-20)21-16-12-9-13-17-21/h8-17,27H,6-7,18-19H2,1-5H3/q+1. The van der Waals surface area contributed by atoms with Crippen molar-refractivity contribution in [1.82, 2.24) is 0 Å². The van der Waals surface area contributed by atoms with Crippen molar-refractivity contribution in [2.75, 3.05) is 33.3 Å². The molecular weight excluding hydrogens is 350 g/mol. The van der Waals surface area contributed by atoms with Crippen molar-refractivity contribution in [1.29, 1.82) is 0 Å². The van der Waals surface area contributed by atoms with Crippen LogP contribution in [0, 0.1) is 5.41 Å². The molecule has 152 valence electrons. The maximum atomic E-state index is 13.1. The van der Waals surface area contributed by atoms with Crippen LogP contribution in [0.25, 0.3) is 0 Å². The average molecular weight is 385 g/mol. The predicted molar refractivity (Wildman–Crippen MR) is 113 cm³/mol. The Morgan fingerprint density at radius 3 is 1.75 bits per heavy atom. The van der Waals surface area contributed by atoms with Gasteiger partial charge in [0, 0.05) is 5.41 Å². The highest BCUT2D eigenvalue weighted by molar-refractivity contribution is 5.85. The molecule has 0 saturated carbocycles. The fraction of sp³-hybridized carbons (Fsp3) is 0.458. The molecule has 0 atom stereocenters. The molecular formula is C24H34NO3+. The minimum Gasteiger partial charge on any atom is -0.462 e. The molecule has 0 aliphatic carbocycles. The molecule has 0 aromatic heterocycles. The van der Waals surface area contributed by atoms with Gasteiger partial charge in [-0.05, 0) is 25.0 Å². The summed E-state index contributed by atoms with van der Waals surface area (Å²) in [5.41, 5.74) is -1.02. The Bertz CT molecular complexity index is 712. The molecule has 0 heterocycles. The normalized spacial score (nSPS) is 12.6. The SMILES string of the molecule is CC[N+](C)(CC)CC(C)(C)COC(=O)C(O)(c1ccccc1)c1ccccc1. The van der Waals surface area contributed by atoms with Crippen molar-refractivity contribution in [2.24, 2.45) is 5.41 Å². The summed E-state index contributed by atoms with van der Waals surface area (Å²) < 4.78 is 6.63. The van der Waals surface area contributed by atoms with E-state index in [-0.39, 0.29) is 12.0 Å². The maximum Gasteiger partial charge on any atom is 0.347 e. The number of ether oxygens (including phenoxy) is 1. The van der Waals surface area contributed by atoms with E-state index in [0.717, 1.165) is 24.1 Å². The van der Waals surface area contributed by atoms with E-state index in [1.54, 1.807) is 24.3 Å². The Kier molecular flexibility index (Phi) is 7.02. The average Bonchev–Trinajstić information content (AvgIpc) is 2.72. The first-order valence-corrected chi connectivity index (χ1v) is 10.0. The second kappa shape index (κ2) is 8.89. The number of benzene rings is 2. The first-order valence-electron chi connectivity index (χ1n) is 10.0. The van der Waals surface area contributed by atoms with E-state index in [4.69, 9.17) is 4.74 Å². The lowest BCUT2D eigenvalue weighted by Gasteiger charge is -2.39. The van der Waals surface area contributed by atoms with Crippen molar-refractivity contribution >= 4 is 5.97 Å². The van der Waals surface area contributed by atoms with Gasteiger partial charge in [-0.25, -0.2) is 4.79 Å². The molecule has 0 amide bonds. The summed E-state index contributed by atoms with van der Waals surface area (Å²) in [6.45, 7) is 11.7. The molecule has 0 aliphatic heterocycles. The zero-order chi connectivity index (χ0) is 20.8. The number of hydrogen-bond acceptors (Lipinski definition) is 3. The van der Waals surface area contributed by atoms with Crippen molar-refractivity contribution in [3.63, 3.8) is 0 Å². The lowest BCUT2D eigenvalue weighted by molar-refractivity contribution is -0.912. The largest absolute Gasteiger partial charge is 0.462 e. The Labute approximate surface area is 169 Å². The van der Waals surface area contributed by atoms with Crippen LogP contribution in [0.3, 0.4) is 0 Å². The quantitative estimate of drug-likeness (QED) is 0.525. The highest BCUT2D eigenvalue weighted by atomic mass is 16.6. The van der Waals surface area contributed by atoms with Crippen LogP contribution in [-0.4, -0.2) is 48.8 Å². The van der Waals surface area contributed by atoms with Crippen LogP contribution in [0.4, 0.5) is 0 Å². The minimum absolute atomic E-state index is 0.204. The van der Waals surface area contributed by atoms with Crippen molar-refractivity contribution in [3.8, 4) is 0 Å².